The van der Waals surface area contributed by atoms with Crippen LogP contribution in [0, 0.1) is 19.9 Å². The molecule has 0 saturated heterocycles. The average Bonchev–Trinajstić information content (AvgIpc) is 1.93. The van der Waals surface area contributed by atoms with Crippen LogP contribution in [0.4, 0.5) is 0 Å². The Morgan fingerprint density at radius 3 is 2.30 bits per heavy atom. The molecule has 0 spiro atoms. The Kier molecular flexibility index (Phi) is 1.53. The minimum absolute atomic E-state index is 0.107. The van der Waals surface area contributed by atoms with Gasteiger partial charge in [0.05, 0.1) is 0 Å². The van der Waals surface area contributed by atoms with E-state index in [0.717, 1.165) is 0 Å². The molecule has 0 heterocycles. The van der Waals surface area contributed by atoms with Gasteiger partial charge in [-0.3, -0.25) is 0 Å². The van der Waals surface area contributed by atoms with Crippen LogP contribution < -0.4 is 0 Å². The highest BCUT2D eigenvalue weighted by Gasteiger charge is 2.02. The fourth-order valence-electron chi connectivity index (χ4n) is 0.723. The maximum absolute atomic E-state index is 9.08. The van der Waals surface area contributed by atoms with E-state index in [1.165, 1.54) is 6.07 Å². The molecule has 1 radical (unpaired) electrons. The van der Waals surface area contributed by atoms with Crippen LogP contribution in [0.5, 0.6) is 11.5 Å². The van der Waals surface area contributed by atoms with Gasteiger partial charge < -0.3 is 10.2 Å². The average molecular weight is 137 g/mol. The second-order valence-corrected chi connectivity index (χ2v) is 2.27. The predicted octanol–water partition coefficient (Wildman–Crippen LogP) is 1.51. The lowest BCUT2D eigenvalue weighted by molar-refractivity contribution is 0.452. The van der Waals surface area contributed by atoms with Crippen molar-refractivity contribution in [3.63, 3.8) is 0 Å². The molecule has 0 bridgehead atoms. The Balaban J connectivity index is 3.34. The third-order valence-electron chi connectivity index (χ3n) is 1.65. The van der Waals surface area contributed by atoms with Gasteiger partial charge in [0.25, 0.3) is 0 Å². The molecule has 0 saturated carbocycles. The minimum atomic E-state index is 0.107. The van der Waals surface area contributed by atoms with Crippen LogP contribution in [0.2, 0.25) is 0 Å². The fourth-order valence-corrected chi connectivity index (χ4v) is 0.723. The Hall–Kier alpha value is -1.18. The third-order valence-corrected chi connectivity index (χ3v) is 1.65. The molecule has 1 aromatic rings. The number of rotatable bonds is 0. The van der Waals surface area contributed by atoms with Crippen molar-refractivity contribution in [2.75, 3.05) is 0 Å². The molecular formula is C8H9O2. The van der Waals surface area contributed by atoms with E-state index in [4.69, 9.17) is 10.2 Å². The normalized spacial score (nSPS) is 9.80. The van der Waals surface area contributed by atoms with E-state index in [2.05, 4.69) is 6.07 Å². The van der Waals surface area contributed by atoms with Crippen LogP contribution >= 0.6 is 0 Å². The van der Waals surface area contributed by atoms with E-state index in [1.54, 1.807) is 13.8 Å². The van der Waals surface area contributed by atoms with Crippen molar-refractivity contribution in [2.45, 2.75) is 13.8 Å². The summed E-state index contributed by atoms with van der Waals surface area (Å²) in [6.07, 6.45) is 0. The lowest BCUT2D eigenvalue weighted by Gasteiger charge is -2.03. The minimum Gasteiger partial charge on any atom is -0.508 e. The molecule has 10 heavy (non-hydrogen) atoms. The first-order valence-corrected chi connectivity index (χ1v) is 3.02. The van der Waals surface area contributed by atoms with Crippen molar-refractivity contribution in [3.8, 4) is 11.5 Å². The van der Waals surface area contributed by atoms with Crippen LogP contribution in [0.15, 0.2) is 6.07 Å². The van der Waals surface area contributed by atoms with E-state index in [0.29, 0.717) is 11.1 Å². The van der Waals surface area contributed by atoms with Crippen LogP contribution in [-0.4, -0.2) is 10.2 Å². The summed E-state index contributed by atoms with van der Waals surface area (Å²) in [6, 6.07) is 3.87. The van der Waals surface area contributed by atoms with E-state index < -0.39 is 0 Å². The summed E-state index contributed by atoms with van der Waals surface area (Å²) in [4.78, 5) is 0. The molecule has 0 aliphatic heterocycles. The van der Waals surface area contributed by atoms with Crippen LogP contribution in [0.25, 0.3) is 0 Å². The zero-order valence-corrected chi connectivity index (χ0v) is 5.97. The van der Waals surface area contributed by atoms with Crippen LogP contribution in [0.3, 0.4) is 0 Å². The summed E-state index contributed by atoms with van der Waals surface area (Å²) in [6.45, 7) is 3.49. The van der Waals surface area contributed by atoms with Crippen molar-refractivity contribution in [2.24, 2.45) is 0 Å². The molecule has 1 aromatic carbocycles. The molecular weight excluding hydrogens is 128 g/mol. The second-order valence-electron chi connectivity index (χ2n) is 2.27. The van der Waals surface area contributed by atoms with Crippen molar-refractivity contribution in [1.29, 1.82) is 0 Å². The Morgan fingerprint density at radius 2 is 1.80 bits per heavy atom. The predicted molar refractivity (Wildman–Crippen MR) is 38.1 cm³/mol. The molecule has 0 fully saturated rings. The van der Waals surface area contributed by atoms with Crippen molar-refractivity contribution in [1.82, 2.24) is 0 Å². The number of benzene rings is 1. The summed E-state index contributed by atoms with van der Waals surface area (Å²) in [5, 5.41) is 18.1. The lowest BCUT2D eigenvalue weighted by atomic mass is 10.1. The topological polar surface area (TPSA) is 40.5 Å². The highest BCUT2D eigenvalue weighted by molar-refractivity contribution is 5.44. The van der Waals surface area contributed by atoms with E-state index in [1.807, 2.05) is 0 Å². The number of hydrogen-bond acceptors (Lipinski definition) is 2. The molecule has 2 heteroatoms. The Labute approximate surface area is 59.7 Å². The number of aromatic hydroxyl groups is 2. The van der Waals surface area contributed by atoms with Crippen molar-refractivity contribution in [3.05, 3.63) is 23.3 Å². The zero-order valence-electron chi connectivity index (χ0n) is 5.97. The molecule has 0 aliphatic carbocycles. The van der Waals surface area contributed by atoms with Gasteiger partial charge >= 0.3 is 0 Å². The maximum atomic E-state index is 9.08. The van der Waals surface area contributed by atoms with Crippen LogP contribution in [0.1, 0.15) is 11.1 Å². The van der Waals surface area contributed by atoms with E-state index >= 15 is 0 Å². The standard InChI is InChI=1S/C8H9O2/c1-5-6(2)8(10)4-3-7(5)9/h3,9-10H,1-2H3. The molecule has 2 nitrogen and oxygen atoms in total. The lowest BCUT2D eigenvalue weighted by Crippen LogP contribution is -1.81. The maximum Gasteiger partial charge on any atom is 0.126 e. The largest absolute Gasteiger partial charge is 0.508 e. The van der Waals surface area contributed by atoms with Gasteiger partial charge in [-0.25, -0.2) is 0 Å². The molecule has 0 unspecified atom stereocenters. The molecule has 1 rings (SSSR count). The van der Waals surface area contributed by atoms with Crippen molar-refractivity contribution >= 4 is 0 Å². The summed E-state index contributed by atoms with van der Waals surface area (Å²) >= 11 is 0. The molecule has 0 aliphatic rings. The molecule has 0 aromatic heterocycles. The highest BCUT2D eigenvalue weighted by Crippen LogP contribution is 2.25. The van der Waals surface area contributed by atoms with Gasteiger partial charge in [-0.15, -0.1) is 0 Å². The molecule has 53 valence electrons. The molecule has 2 N–H and O–H groups in total. The second kappa shape index (κ2) is 2.21. The van der Waals surface area contributed by atoms with Gasteiger partial charge in [0.1, 0.15) is 11.5 Å². The van der Waals surface area contributed by atoms with Gasteiger partial charge in [-0.1, -0.05) is 0 Å². The van der Waals surface area contributed by atoms with Gasteiger partial charge in [-0.2, -0.15) is 0 Å². The monoisotopic (exact) mass is 137 g/mol. The van der Waals surface area contributed by atoms with Crippen LogP contribution in [-0.2, 0) is 0 Å². The van der Waals surface area contributed by atoms with E-state index in [-0.39, 0.29) is 11.5 Å². The third kappa shape index (κ3) is 0.923. The SMILES string of the molecule is Cc1c(O)[c]cc(O)c1C. The molecule has 0 atom stereocenters. The first-order valence-electron chi connectivity index (χ1n) is 3.02. The quantitative estimate of drug-likeness (QED) is 0.532. The van der Waals surface area contributed by atoms with Gasteiger partial charge in [0.2, 0.25) is 0 Å². The fraction of sp³-hybridized carbons (Fsp3) is 0.250. The Morgan fingerprint density at radius 1 is 1.20 bits per heavy atom. The Bertz CT molecular complexity index is 227. The summed E-state index contributed by atoms with van der Waals surface area (Å²) in [7, 11) is 0. The number of phenols is 2. The highest BCUT2D eigenvalue weighted by atomic mass is 16.3. The summed E-state index contributed by atoms with van der Waals surface area (Å²) < 4.78 is 0. The molecule has 0 amide bonds. The summed E-state index contributed by atoms with van der Waals surface area (Å²) in [5.41, 5.74) is 1.39. The first-order chi connectivity index (χ1) is 4.63. The zero-order chi connectivity index (χ0) is 7.72. The van der Waals surface area contributed by atoms with Gasteiger partial charge in [0.15, 0.2) is 0 Å². The smallest absolute Gasteiger partial charge is 0.126 e. The van der Waals surface area contributed by atoms with Gasteiger partial charge in [-0.05, 0) is 31.0 Å². The number of phenolic OH excluding ortho intramolecular Hbond substituents is 2. The van der Waals surface area contributed by atoms with Gasteiger partial charge in [0, 0.05) is 6.07 Å². The number of hydrogen-bond donors (Lipinski definition) is 2. The first kappa shape index (κ1) is 6.93. The summed E-state index contributed by atoms with van der Waals surface area (Å²) in [5.74, 6) is 0.283. The van der Waals surface area contributed by atoms with Crippen molar-refractivity contribution < 1.29 is 10.2 Å². The van der Waals surface area contributed by atoms with E-state index in [9.17, 15) is 0 Å².